The van der Waals surface area contributed by atoms with Crippen molar-refractivity contribution in [3.63, 3.8) is 0 Å². The summed E-state index contributed by atoms with van der Waals surface area (Å²) < 4.78 is 4.84. The first kappa shape index (κ1) is 19.2. The second-order valence-corrected chi connectivity index (χ2v) is 7.99. The number of fused-ring (bicyclic) bond motifs is 1. The van der Waals surface area contributed by atoms with Gasteiger partial charge in [0, 0.05) is 24.5 Å². The summed E-state index contributed by atoms with van der Waals surface area (Å²) in [5, 5.41) is 0. The number of hydrogen-bond acceptors (Lipinski definition) is 4. The molecule has 0 aliphatic carbocycles. The minimum absolute atomic E-state index is 0.160. The van der Waals surface area contributed by atoms with Gasteiger partial charge in [-0.2, -0.15) is 0 Å². The van der Waals surface area contributed by atoms with E-state index < -0.39 is 0 Å². The van der Waals surface area contributed by atoms with Gasteiger partial charge in [0.05, 0.1) is 18.4 Å². The van der Waals surface area contributed by atoms with Crippen LogP contribution in [0.5, 0.6) is 0 Å². The fourth-order valence-corrected chi connectivity index (χ4v) is 3.91. The molecule has 0 spiro atoms. The molecule has 1 aliphatic heterocycles. The van der Waals surface area contributed by atoms with Crippen molar-refractivity contribution in [2.24, 2.45) is 4.99 Å². The third-order valence-electron chi connectivity index (χ3n) is 5.72. The summed E-state index contributed by atoms with van der Waals surface area (Å²) in [5.74, 6) is 0.168. The van der Waals surface area contributed by atoms with Crippen LogP contribution in [0.3, 0.4) is 0 Å². The van der Waals surface area contributed by atoms with Gasteiger partial charge in [0.25, 0.3) is 0 Å². The molecule has 1 heterocycles. The Morgan fingerprint density at radius 2 is 2.04 bits per heavy atom. The molecule has 1 aliphatic rings. The van der Waals surface area contributed by atoms with Gasteiger partial charge in [0.2, 0.25) is 0 Å². The van der Waals surface area contributed by atoms with Gasteiger partial charge in [0.15, 0.2) is 0 Å². The second-order valence-electron chi connectivity index (χ2n) is 7.99. The van der Waals surface area contributed by atoms with E-state index in [9.17, 15) is 4.79 Å². The van der Waals surface area contributed by atoms with E-state index >= 15 is 0 Å². The monoisotopic (exact) mass is 364 g/mol. The molecule has 1 atom stereocenters. The third kappa shape index (κ3) is 3.61. The molecule has 2 aromatic carbocycles. The molecule has 0 bridgehead atoms. The van der Waals surface area contributed by atoms with Crippen LogP contribution in [0.15, 0.2) is 41.4 Å². The number of nitrogens with zero attached hydrogens (tertiary/aromatic N) is 2. The van der Waals surface area contributed by atoms with E-state index in [0.29, 0.717) is 11.5 Å². The lowest BCUT2D eigenvalue weighted by atomic mass is 9.80. The van der Waals surface area contributed by atoms with Gasteiger partial charge in [-0.3, -0.25) is 4.99 Å². The van der Waals surface area contributed by atoms with Gasteiger partial charge >= 0.3 is 5.97 Å². The molecule has 0 radical (unpaired) electrons. The van der Waals surface area contributed by atoms with Crippen LogP contribution in [-0.4, -0.2) is 31.9 Å². The van der Waals surface area contributed by atoms with Crippen LogP contribution in [0.1, 0.15) is 60.2 Å². The zero-order valence-corrected chi connectivity index (χ0v) is 17.0. The van der Waals surface area contributed by atoms with Crippen LogP contribution < -0.4 is 4.90 Å². The first-order valence-electron chi connectivity index (χ1n) is 9.34. The van der Waals surface area contributed by atoms with E-state index in [-0.39, 0.29) is 11.5 Å². The highest BCUT2D eigenvalue weighted by Crippen LogP contribution is 2.42. The highest BCUT2D eigenvalue weighted by Gasteiger charge is 2.33. The average Bonchev–Trinajstić information content (AvgIpc) is 2.64. The minimum atomic E-state index is -0.335. The van der Waals surface area contributed by atoms with Crippen LogP contribution in [0.4, 0.5) is 11.4 Å². The zero-order chi connectivity index (χ0) is 19.8. The van der Waals surface area contributed by atoms with Gasteiger partial charge in [-0.15, -0.1) is 0 Å². The van der Waals surface area contributed by atoms with Crippen molar-refractivity contribution in [1.82, 2.24) is 0 Å². The fourth-order valence-electron chi connectivity index (χ4n) is 3.91. The summed E-state index contributed by atoms with van der Waals surface area (Å²) in [6.45, 7) is 8.77. The van der Waals surface area contributed by atoms with Gasteiger partial charge < -0.3 is 9.64 Å². The molecule has 3 rings (SSSR count). The summed E-state index contributed by atoms with van der Waals surface area (Å²) >= 11 is 0. The summed E-state index contributed by atoms with van der Waals surface area (Å²) in [4.78, 5) is 18.9. The molecule has 4 heteroatoms. The van der Waals surface area contributed by atoms with E-state index in [4.69, 9.17) is 4.74 Å². The molecule has 0 saturated carbocycles. The van der Waals surface area contributed by atoms with E-state index in [1.807, 2.05) is 25.3 Å². The predicted octanol–water partition coefficient (Wildman–Crippen LogP) is 5.25. The molecule has 0 aromatic heterocycles. The Labute approximate surface area is 161 Å². The first-order valence-corrected chi connectivity index (χ1v) is 9.34. The summed E-state index contributed by atoms with van der Waals surface area (Å²) in [6, 6.07) is 12.0. The fraction of sp³-hybridized carbons (Fsp3) is 0.391. The lowest BCUT2D eigenvalue weighted by Crippen LogP contribution is -2.45. The quantitative estimate of drug-likeness (QED) is 0.551. The molecule has 27 heavy (non-hydrogen) atoms. The number of esters is 1. The van der Waals surface area contributed by atoms with Gasteiger partial charge in [0.1, 0.15) is 0 Å². The van der Waals surface area contributed by atoms with Gasteiger partial charge in [-0.1, -0.05) is 19.1 Å². The highest BCUT2D eigenvalue weighted by molar-refractivity contribution is 5.93. The lowest BCUT2D eigenvalue weighted by Gasteiger charge is -2.45. The maximum atomic E-state index is 11.9. The summed E-state index contributed by atoms with van der Waals surface area (Å²) in [5.41, 5.74) is 6.04. The number of benzene rings is 2. The van der Waals surface area contributed by atoms with E-state index in [0.717, 1.165) is 23.2 Å². The van der Waals surface area contributed by atoms with Gasteiger partial charge in [-0.05, 0) is 74.1 Å². The molecule has 0 N–H and O–H groups in total. The zero-order valence-electron chi connectivity index (χ0n) is 17.0. The normalized spacial score (nSPS) is 18.4. The molecule has 1 unspecified atom stereocenters. The van der Waals surface area contributed by atoms with E-state index in [1.165, 1.54) is 18.4 Å². The van der Waals surface area contributed by atoms with Crippen molar-refractivity contribution in [3.05, 3.63) is 58.7 Å². The van der Waals surface area contributed by atoms with Crippen LogP contribution in [0, 0.1) is 6.92 Å². The molecular weight excluding hydrogens is 336 g/mol. The van der Waals surface area contributed by atoms with E-state index in [1.54, 1.807) is 6.07 Å². The molecule has 142 valence electrons. The molecule has 2 aromatic rings. The highest BCUT2D eigenvalue weighted by atomic mass is 16.5. The van der Waals surface area contributed by atoms with Crippen molar-refractivity contribution >= 4 is 23.6 Å². The number of ether oxygens (including phenoxy) is 1. The lowest BCUT2D eigenvalue weighted by molar-refractivity contribution is 0.0600. The smallest absolute Gasteiger partial charge is 0.338 e. The number of aliphatic imine (C=N–C) groups is 1. The largest absolute Gasteiger partial charge is 0.465 e. The van der Waals surface area contributed by atoms with Crippen LogP contribution in [0.2, 0.25) is 0 Å². The van der Waals surface area contributed by atoms with E-state index in [2.05, 4.69) is 55.9 Å². The Morgan fingerprint density at radius 1 is 1.30 bits per heavy atom. The van der Waals surface area contributed by atoms with Crippen molar-refractivity contribution in [1.29, 1.82) is 0 Å². The maximum absolute atomic E-state index is 11.9. The van der Waals surface area contributed by atoms with Gasteiger partial charge in [-0.25, -0.2) is 4.79 Å². The Bertz CT molecular complexity index is 899. The van der Waals surface area contributed by atoms with Crippen molar-refractivity contribution in [2.45, 2.75) is 45.6 Å². The third-order valence-corrected chi connectivity index (χ3v) is 5.72. The van der Waals surface area contributed by atoms with Crippen molar-refractivity contribution < 1.29 is 9.53 Å². The molecular formula is C23H28N2O2. The SMILES string of the molecule is COC(=O)c1cccc(N=Cc2ccc3c(c2)C(C)CC(C)(C)N3C)c1C. The molecule has 0 amide bonds. The molecule has 0 saturated heterocycles. The number of hydrogen-bond donors (Lipinski definition) is 0. The maximum Gasteiger partial charge on any atom is 0.338 e. The van der Waals surface area contributed by atoms with Crippen molar-refractivity contribution in [3.8, 4) is 0 Å². The number of carbonyl (C=O) groups is 1. The molecule has 4 nitrogen and oxygen atoms in total. The number of methoxy groups -OCH3 is 1. The predicted molar refractivity (Wildman–Crippen MR) is 112 cm³/mol. The minimum Gasteiger partial charge on any atom is -0.465 e. The Kier molecular flexibility index (Phi) is 5.09. The topological polar surface area (TPSA) is 41.9 Å². The van der Waals surface area contributed by atoms with Crippen LogP contribution in [0.25, 0.3) is 0 Å². The Morgan fingerprint density at radius 3 is 2.74 bits per heavy atom. The Balaban J connectivity index is 1.92. The number of rotatable bonds is 3. The summed E-state index contributed by atoms with van der Waals surface area (Å²) in [6.07, 6.45) is 2.99. The second kappa shape index (κ2) is 7.18. The van der Waals surface area contributed by atoms with Crippen LogP contribution in [-0.2, 0) is 4.74 Å². The molecule has 0 fully saturated rings. The number of anilines is 1. The Hall–Kier alpha value is -2.62. The summed E-state index contributed by atoms with van der Waals surface area (Å²) in [7, 11) is 3.56. The van der Waals surface area contributed by atoms with Crippen molar-refractivity contribution in [2.75, 3.05) is 19.1 Å². The van der Waals surface area contributed by atoms with Crippen LogP contribution >= 0.6 is 0 Å². The number of carbonyl (C=O) groups excluding carboxylic acids is 1. The standard InChI is InChI=1S/C23H28N2O2/c1-15-13-23(3,4)25(5)21-11-10-17(12-19(15)21)14-24-20-9-7-8-18(16(20)2)22(26)27-6/h7-12,14-15H,13H2,1-6H3. The first-order chi connectivity index (χ1) is 12.7. The average molecular weight is 364 g/mol.